The molecule has 1 aliphatic heterocycles. The van der Waals surface area contributed by atoms with Gasteiger partial charge in [-0.1, -0.05) is 29.8 Å². The van der Waals surface area contributed by atoms with Gasteiger partial charge < -0.3 is 9.52 Å². The number of piperazine rings is 1. The lowest BCUT2D eigenvalue weighted by atomic mass is 10.1. The third kappa shape index (κ3) is 4.39. The molecule has 0 amide bonds. The Morgan fingerprint density at radius 1 is 1.17 bits per heavy atom. The summed E-state index contributed by atoms with van der Waals surface area (Å²) in [5.74, 6) is 1.94. The Morgan fingerprint density at radius 3 is 2.71 bits per heavy atom. The molecular formula is C19H25ClN2O2. The van der Waals surface area contributed by atoms with Crippen LogP contribution >= 0.6 is 11.6 Å². The molecule has 1 atom stereocenters. The van der Waals surface area contributed by atoms with E-state index in [1.54, 1.807) is 0 Å². The molecule has 3 rings (SSSR count). The zero-order valence-electron chi connectivity index (χ0n) is 14.1. The van der Waals surface area contributed by atoms with Gasteiger partial charge in [0.25, 0.3) is 0 Å². The molecule has 2 aromatic rings. The van der Waals surface area contributed by atoms with Crippen molar-refractivity contribution in [3.05, 3.63) is 58.5 Å². The van der Waals surface area contributed by atoms with Crippen LogP contribution in [-0.4, -0.2) is 47.2 Å². The van der Waals surface area contributed by atoms with Crippen molar-refractivity contribution in [3.63, 3.8) is 0 Å². The van der Waals surface area contributed by atoms with E-state index in [0.717, 1.165) is 61.3 Å². The fourth-order valence-corrected chi connectivity index (χ4v) is 3.57. The van der Waals surface area contributed by atoms with E-state index in [1.807, 2.05) is 37.3 Å². The van der Waals surface area contributed by atoms with Gasteiger partial charge in [0.1, 0.15) is 11.5 Å². The number of halogens is 1. The van der Waals surface area contributed by atoms with E-state index >= 15 is 0 Å². The standard InChI is InChI=1S/C19H25ClN2O2/c1-15-6-7-18(24-15)14-22-10-9-21(13-17(22)8-11-23)12-16-4-2-3-5-19(16)20/h2-7,17,23H,8-14H2,1H3/t17-/m0/s1. The van der Waals surface area contributed by atoms with Crippen LogP contribution < -0.4 is 0 Å². The van der Waals surface area contributed by atoms with Gasteiger partial charge in [-0.15, -0.1) is 0 Å². The number of rotatable bonds is 6. The zero-order chi connectivity index (χ0) is 16.9. The minimum Gasteiger partial charge on any atom is -0.465 e. The lowest BCUT2D eigenvalue weighted by Gasteiger charge is -2.41. The van der Waals surface area contributed by atoms with Gasteiger partial charge in [0.05, 0.1) is 6.54 Å². The van der Waals surface area contributed by atoms with Gasteiger partial charge >= 0.3 is 0 Å². The molecule has 5 heteroatoms. The van der Waals surface area contributed by atoms with Crippen LogP contribution in [0.5, 0.6) is 0 Å². The summed E-state index contributed by atoms with van der Waals surface area (Å²) < 4.78 is 5.72. The highest BCUT2D eigenvalue weighted by atomic mass is 35.5. The summed E-state index contributed by atoms with van der Waals surface area (Å²) in [4.78, 5) is 4.84. The summed E-state index contributed by atoms with van der Waals surface area (Å²) in [6, 6.07) is 12.4. The Bertz CT molecular complexity index is 658. The SMILES string of the molecule is Cc1ccc(CN2CCN(Cc3ccccc3Cl)C[C@@H]2CCO)o1. The molecule has 1 aliphatic rings. The molecular weight excluding hydrogens is 324 g/mol. The first-order valence-electron chi connectivity index (χ1n) is 8.51. The predicted octanol–water partition coefficient (Wildman–Crippen LogP) is 3.31. The largest absolute Gasteiger partial charge is 0.465 e. The third-order valence-electron chi connectivity index (χ3n) is 4.66. The summed E-state index contributed by atoms with van der Waals surface area (Å²) in [5, 5.41) is 10.3. The Morgan fingerprint density at radius 2 is 2.00 bits per heavy atom. The average Bonchev–Trinajstić information content (AvgIpc) is 2.97. The van der Waals surface area contributed by atoms with Crippen molar-refractivity contribution < 1.29 is 9.52 Å². The van der Waals surface area contributed by atoms with E-state index in [0.29, 0.717) is 6.04 Å². The molecule has 1 saturated heterocycles. The van der Waals surface area contributed by atoms with E-state index in [2.05, 4.69) is 15.9 Å². The normalized spacial score (nSPS) is 19.7. The molecule has 1 fully saturated rings. The molecule has 0 spiro atoms. The van der Waals surface area contributed by atoms with Crippen LogP contribution in [0.25, 0.3) is 0 Å². The molecule has 0 radical (unpaired) electrons. The second-order valence-corrected chi connectivity index (χ2v) is 6.88. The Balaban J connectivity index is 1.63. The Hall–Kier alpha value is -1.33. The van der Waals surface area contributed by atoms with Gasteiger partial charge in [-0.05, 0) is 37.1 Å². The maximum atomic E-state index is 9.44. The van der Waals surface area contributed by atoms with Crippen LogP contribution in [-0.2, 0) is 13.1 Å². The smallest absolute Gasteiger partial charge is 0.118 e. The molecule has 0 bridgehead atoms. The molecule has 0 aliphatic carbocycles. The van der Waals surface area contributed by atoms with Gasteiger partial charge in [-0.2, -0.15) is 0 Å². The van der Waals surface area contributed by atoms with Crippen molar-refractivity contribution in [2.45, 2.75) is 32.5 Å². The van der Waals surface area contributed by atoms with E-state index in [9.17, 15) is 5.11 Å². The first kappa shape index (κ1) is 17.5. The van der Waals surface area contributed by atoms with Crippen molar-refractivity contribution in [2.75, 3.05) is 26.2 Å². The third-order valence-corrected chi connectivity index (χ3v) is 5.03. The molecule has 0 saturated carbocycles. The molecule has 24 heavy (non-hydrogen) atoms. The summed E-state index contributed by atoms with van der Waals surface area (Å²) in [6.07, 6.45) is 0.777. The lowest BCUT2D eigenvalue weighted by Crippen LogP contribution is -2.52. The highest BCUT2D eigenvalue weighted by molar-refractivity contribution is 6.31. The molecule has 1 aromatic heterocycles. The predicted molar refractivity (Wildman–Crippen MR) is 96.1 cm³/mol. The number of nitrogens with zero attached hydrogens (tertiary/aromatic N) is 2. The first-order valence-corrected chi connectivity index (χ1v) is 8.89. The number of aliphatic hydroxyl groups is 1. The summed E-state index contributed by atoms with van der Waals surface area (Å²) >= 11 is 6.29. The summed E-state index contributed by atoms with van der Waals surface area (Å²) in [7, 11) is 0. The fourth-order valence-electron chi connectivity index (χ4n) is 3.37. The average molecular weight is 349 g/mol. The van der Waals surface area contributed by atoms with Gasteiger partial charge in [-0.3, -0.25) is 9.80 Å². The van der Waals surface area contributed by atoms with Crippen LogP contribution in [0.2, 0.25) is 5.02 Å². The minimum absolute atomic E-state index is 0.207. The number of furan rings is 1. The molecule has 130 valence electrons. The minimum atomic E-state index is 0.207. The first-order chi connectivity index (χ1) is 11.7. The molecule has 2 heterocycles. The van der Waals surface area contributed by atoms with E-state index in [-0.39, 0.29) is 6.61 Å². The van der Waals surface area contributed by atoms with Gasteiger partial charge in [0.2, 0.25) is 0 Å². The maximum absolute atomic E-state index is 9.44. The van der Waals surface area contributed by atoms with E-state index in [1.165, 1.54) is 0 Å². The lowest BCUT2D eigenvalue weighted by molar-refractivity contribution is 0.0454. The monoisotopic (exact) mass is 348 g/mol. The van der Waals surface area contributed by atoms with Crippen LogP contribution in [0.4, 0.5) is 0 Å². The van der Waals surface area contributed by atoms with Crippen molar-refractivity contribution in [1.29, 1.82) is 0 Å². The number of aryl methyl sites for hydroxylation is 1. The van der Waals surface area contributed by atoms with Crippen molar-refractivity contribution in [3.8, 4) is 0 Å². The van der Waals surface area contributed by atoms with Crippen LogP contribution in [0.3, 0.4) is 0 Å². The van der Waals surface area contributed by atoms with Gasteiger partial charge in [0.15, 0.2) is 0 Å². The molecule has 4 nitrogen and oxygen atoms in total. The number of aliphatic hydroxyl groups excluding tert-OH is 1. The number of hydrogen-bond acceptors (Lipinski definition) is 4. The van der Waals surface area contributed by atoms with Gasteiger partial charge in [-0.25, -0.2) is 0 Å². The van der Waals surface area contributed by atoms with Gasteiger partial charge in [0, 0.05) is 43.9 Å². The van der Waals surface area contributed by atoms with Crippen molar-refractivity contribution in [1.82, 2.24) is 9.80 Å². The van der Waals surface area contributed by atoms with Crippen LogP contribution in [0.1, 0.15) is 23.5 Å². The highest BCUT2D eigenvalue weighted by Crippen LogP contribution is 2.22. The summed E-state index contributed by atoms with van der Waals surface area (Å²) in [5.41, 5.74) is 1.16. The van der Waals surface area contributed by atoms with Crippen LogP contribution in [0.15, 0.2) is 40.8 Å². The summed E-state index contributed by atoms with van der Waals surface area (Å²) in [6.45, 7) is 6.73. The molecule has 1 aromatic carbocycles. The second kappa shape index (κ2) is 8.17. The highest BCUT2D eigenvalue weighted by Gasteiger charge is 2.27. The van der Waals surface area contributed by atoms with E-state index in [4.69, 9.17) is 16.0 Å². The Kier molecular flexibility index (Phi) is 5.95. The van der Waals surface area contributed by atoms with Crippen molar-refractivity contribution >= 4 is 11.6 Å². The number of hydrogen-bond donors (Lipinski definition) is 1. The topological polar surface area (TPSA) is 39.9 Å². The number of benzene rings is 1. The van der Waals surface area contributed by atoms with Crippen LogP contribution in [0, 0.1) is 6.92 Å². The second-order valence-electron chi connectivity index (χ2n) is 6.48. The molecule has 0 unspecified atom stereocenters. The molecule has 1 N–H and O–H groups in total. The zero-order valence-corrected chi connectivity index (χ0v) is 14.9. The Labute approximate surface area is 148 Å². The van der Waals surface area contributed by atoms with Crippen molar-refractivity contribution in [2.24, 2.45) is 0 Å². The maximum Gasteiger partial charge on any atom is 0.118 e. The quantitative estimate of drug-likeness (QED) is 0.869. The van der Waals surface area contributed by atoms with E-state index < -0.39 is 0 Å². The fraction of sp³-hybridized carbons (Fsp3) is 0.474.